The predicted octanol–water partition coefficient (Wildman–Crippen LogP) is 1.91. The summed E-state index contributed by atoms with van der Waals surface area (Å²) in [5, 5.41) is 26.3. The number of carboxylic acids is 2. The van der Waals surface area contributed by atoms with Crippen molar-refractivity contribution in [3.63, 3.8) is 0 Å². The third-order valence-corrected chi connectivity index (χ3v) is 4.69. The maximum absolute atomic E-state index is 10.6. The van der Waals surface area contributed by atoms with Crippen molar-refractivity contribution in [3.8, 4) is 0 Å². The quantitative estimate of drug-likeness (QED) is 0.443. The van der Waals surface area contributed by atoms with E-state index in [1.165, 1.54) is 20.8 Å². The Bertz CT molecular complexity index is 572. The van der Waals surface area contributed by atoms with Gasteiger partial charge in [0.2, 0.25) is 0 Å². The Labute approximate surface area is 175 Å². The normalized spacial score (nSPS) is 25.2. The van der Waals surface area contributed by atoms with Crippen LogP contribution in [0, 0.1) is 11.8 Å². The number of carbonyl (C=O) groups is 5. The zero-order chi connectivity index (χ0) is 23.3. The standard InChI is InChI=1S/C9H14O4.C7H12O3.C4H6O3/c1-6(10)13-8-4-2-7(3-5-8)9(11)12;8-6-3-1-5(2-4-6)7(9)10;1-3(5)7-4(2)6/h7-8H,2-5H2,1H3,(H,11,12);5-6,8H,1-4H2,(H,9,10);1-2H3. The van der Waals surface area contributed by atoms with E-state index in [1.54, 1.807) is 0 Å². The second-order valence-electron chi connectivity index (χ2n) is 7.35. The summed E-state index contributed by atoms with van der Waals surface area (Å²) in [5.74, 6) is -3.30. The van der Waals surface area contributed by atoms with E-state index < -0.39 is 23.9 Å². The highest BCUT2D eigenvalue weighted by Gasteiger charge is 2.27. The van der Waals surface area contributed by atoms with E-state index in [1.807, 2.05) is 0 Å². The van der Waals surface area contributed by atoms with Gasteiger partial charge in [-0.2, -0.15) is 0 Å². The van der Waals surface area contributed by atoms with Gasteiger partial charge in [-0.05, 0) is 51.4 Å². The van der Waals surface area contributed by atoms with E-state index in [9.17, 15) is 24.0 Å². The Morgan fingerprint density at radius 3 is 1.27 bits per heavy atom. The molecule has 2 fully saturated rings. The third-order valence-electron chi connectivity index (χ3n) is 4.69. The van der Waals surface area contributed by atoms with Gasteiger partial charge < -0.3 is 24.8 Å². The molecule has 0 atom stereocenters. The van der Waals surface area contributed by atoms with Crippen LogP contribution >= 0.6 is 0 Å². The first kappa shape index (κ1) is 27.5. The molecule has 0 aliphatic heterocycles. The highest BCUT2D eigenvalue weighted by atomic mass is 16.6. The summed E-state index contributed by atoms with van der Waals surface area (Å²) in [6, 6.07) is 0. The minimum atomic E-state index is -0.735. The zero-order valence-electron chi connectivity index (χ0n) is 17.7. The lowest BCUT2D eigenvalue weighted by Crippen LogP contribution is -2.27. The number of hydrogen-bond acceptors (Lipinski definition) is 8. The summed E-state index contributed by atoms with van der Waals surface area (Å²) >= 11 is 0. The van der Waals surface area contributed by atoms with E-state index in [2.05, 4.69) is 4.74 Å². The van der Waals surface area contributed by atoms with Crippen LogP contribution in [0.15, 0.2) is 0 Å². The summed E-state index contributed by atoms with van der Waals surface area (Å²) in [7, 11) is 0. The van der Waals surface area contributed by atoms with Crippen molar-refractivity contribution in [2.45, 2.75) is 84.3 Å². The Balaban J connectivity index is 0.000000442. The van der Waals surface area contributed by atoms with Gasteiger partial charge in [0, 0.05) is 20.8 Å². The Morgan fingerprint density at radius 1 is 0.633 bits per heavy atom. The molecule has 10 nitrogen and oxygen atoms in total. The molecule has 3 N–H and O–H groups in total. The fraction of sp³-hybridized carbons (Fsp3) is 0.750. The third kappa shape index (κ3) is 13.6. The van der Waals surface area contributed by atoms with E-state index in [0.29, 0.717) is 51.4 Å². The summed E-state index contributed by atoms with van der Waals surface area (Å²) in [5.41, 5.74) is 0. The topological polar surface area (TPSA) is 164 Å². The number of rotatable bonds is 3. The fourth-order valence-corrected chi connectivity index (χ4v) is 3.19. The Hall–Kier alpha value is -2.49. The number of aliphatic carboxylic acids is 2. The molecule has 0 radical (unpaired) electrons. The van der Waals surface area contributed by atoms with Gasteiger partial charge in [0.05, 0.1) is 17.9 Å². The van der Waals surface area contributed by atoms with Crippen LogP contribution in [0.1, 0.15) is 72.1 Å². The van der Waals surface area contributed by atoms with Crippen molar-refractivity contribution >= 4 is 29.8 Å². The van der Waals surface area contributed by atoms with Gasteiger partial charge >= 0.3 is 29.8 Å². The summed E-state index contributed by atoms with van der Waals surface area (Å²) in [6.07, 6.45) is 4.85. The number of aliphatic hydroxyl groups is 1. The van der Waals surface area contributed by atoms with Gasteiger partial charge in [-0.25, -0.2) is 0 Å². The smallest absolute Gasteiger partial charge is 0.310 e. The molecule has 30 heavy (non-hydrogen) atoms. The minimum absolute atomic E-state index is 0.0619. The largest absolute Gasteiger partial charge is 0.481 e. The molecule has 0 unspecified atom stereocenters. The summed E-state index contributed by atoms with van der Waals surface area (Å²) < 4.78 is 8.96. The van der Waals surface area contributed by atoms with Crippen LogP contribution < -0.4 is 0 Å². The molecular weight excluding hydrogens is 400 g/mol. The van der Waals surface area contributed by atoms with Crippen molar-refractivity contribution in [2.75, 3.05) is 0 Å². The number of aliphatic hydroxyl groups excluding tert-OH is 1. The number of esters is 3. The van der Waals surface area contributed by atoms with Crippen LogP contribution in [0.3, 0.4) is 0 Å². The van der Waals surface area contributed by atoms with Gasteiger partial charge in [-0.3, -0.25) is 24.0 Å². The molecule has 0 aromatic heterocycles. The van der Waals surface area contributed by atoms with Crippen LogP contribution in [0.4, 0.5) is 0 Å². The highest BCUT2D eigenvalue weighted by Crippen LogP contribution is 2.26. The summed E-state index contributed by atoms with van der Waals surface area (Å²) in [4.78, 5) is 51.2. The SMILES string of the molecule is CC(=O)OC(C)=O.CC(=O)OC1CCC(C(=O)O)CC1.O=C(O)C1CCC(O)CC1. The molecule has 2 aliphatic rings. The minimum Gasteiger partial charge on any atom is -0.481 e. The molecule has 0 aromatic carbocycles. The number of hydrogen-bond donors (Lipinski definition) is 3. The fourth-order valence-electron chi connectivity index (χ4n) is 3.19. The van der Waals surface area contributed by atoms with E-state index in [-0.39, 0.29) is 30.0 Å². The molecular formula is C20H32O10. The van der Waals surface area contributed by atoms with Crippen LogP contribution in [0.25, 0.3) is 0 Å². The van der Waals surface area contributed by atoms with Crippen molar-refractivity contribution in [2.24, 2.45) is 11.8 Å². The molecule has 0 amide bonds. The molecule has 0 bridgehead atoms. The molecule has 0 saturated heterocycles. The number of carboxylic acid groups (broad SMARTS) is 2. The van der Waals surface area contributed by atoms with Crippen molar-refractivity contribution in [3.05, 3.63) is 0 Å². The molecule has 0 heterocycles. The van der Waals surface area contributed by atoms with Crippen LogP contribution in [0.2, 0.25) is 0 Å². The Morgan fingerprint density at radius 2 is 1.00 bits per heavy atom. The molecule has 2 aliphatic carbocycles. The lowest BCUT2D eigenvalue weighted by atomic mass is 9.87. The van der Waals surface area contributed by atoms with Gasteiger partial charge in [-0.15, -0.1) is 0 Å². The second kappa shape index (κ2) is 14.5. The van der Waals surface area contributed by atoms with Crippen LogP contribution in [-0.2, 0) is 33.4 Å². The van der Waals surface area contributed by atoms with Gasteiger partial charge in [0.1, 0.15) is 6.10 Å². The van der Waals surface area contributed by atoms with Crippen molar-refractivity contribution in [1.29, 1.82) is 0 Å². The van der Waals surface area contributed by atoms with E-state index >= 15 is 0 Å². The maximum Gasteiger partial charge on any atom is 0.310 e. The van der Waals surface area contributed by atoms with Gasteiger partial charge in [0.25, 0.3) is 0 Å². The molecule has 172 valence electrons. The van der Waals surface area contributed by atoms with E-state index in [0.717, 1.165) is 0 Å². The van der Waals surface area contributed by atoms with Gasteiger partial charge in [0.15, 0.2) is 0 Å². The number of ether oxygens (including phenoxy) is 2. The molecule has 0 spiro atoms. The molecule has 2 saturated carbocycles. The molecule has 2 rings (SSSR count). The number of carbonyl (C=O) groups excluding carboxylic acids is 3. The molecule has 0 aromatic rings. The predicted molar refractivity (Wildman–Crippen MR) is 103 cm³/mol. The van der Waals surface area contributed by atoms with Crippen molar-refractivity contribution < 1.29 is 48.8 Å². The van der Waals surface area contributed by atoms with Crippen molar-refractivity contribution in [1.82, 2.24) is 0 Å². The molecule has 10 heteroatoms. The lowest BCUT2D eigenvalue weighted by molar-refractivity contribution is -0.156. The van der Waals surface area contributed by atoms with Crippen LogP contribution in [-0.4, -0.2) is 57.4 Å². The first-order chi connectivity index (χ1) is 13.9. The first-order valence-electron chi connectivity index (χ1n) is 9.92. The average Bonchev–Trinajstić information content (AvgIpc) is 2.62. The Kier molecular flexibility index (Phi) is 13.3. The van der Waals surface area contributed by atoms with Crippen LogP contribution in [0.5, 0.6) is 0 Å². The average molecular weight is 432 g/mol. The first-order valence-corrected chi connectivity index (χ1v) is 9.92. The lowest BCUT2D eigenvalue weighted by Gasteiger charge is -2.25. The monoisotopic (exact) mass is 432 g/mol. The van der Waals surface area contributed by atoms with E-state index in [4.69, 9.17) is 20.1 Å². The highest BCUT2D eigenvalue weighted by molar-refractivity contribution is 5.82. The maximum atomic E-state index is 10.6. The zero-order valence-corrected chi connectivity index (χ0v) is 17.7. The summed E-state index contributed by atoms with van der Waals surface area (Å²) in [6.45, 7) is 3.74. The second-order valence-corrected chi connectivity index (χ2v) is 7.35. The van der Waals surface area contributed by atoms with Gasteiger partial charge in [-0.1, -0.05) is 0 Å².